The number of methoxy groups -OCH3 is 1. The Morgan fingerprint density at radius 3 is 2.74 bits per heavy atom. The van der Waals surface area contributed by atoms with Crippen LogP contribution in [0.15, 0.2) is 10.7 Å². The molecule has 0 aliphatic heterocycles. The highest BCUT2D eigenvalue weighted by Crippen LogP contribution is 2.27. The van der Waals surface area contributed by atoms with Crippen molar-refractivity contribution in [3.63, 3.8) is 0 Å². The number of nitrogens with zero attached hydrogens (tertiary/aromatic N) is 3. The Morgan fingerprint density at radius 1 is 1.47 bits per heavy atom. The molecule has 0 fully saturated rings. The average molecular weight is 334 g/mol. The second-order valence-corrected chi connectivity index (χ2v) is 5.90. The van der Waals surface area contributed by atoms with E-state index in [0.29, 0.717) is 6.42 Å². The van der Waals surface area contributed by atoms with Gasteiger partial charge in [-0.3, -0.25) is 4.68 Å². The van der Waals surface area contributed by atoms with Gasteiger partial charge in [0.1, 0.15) is 0 Å². The summed E-state index contributed by atoms with van der Waals surface area (Å²) in [6.07, 6.45) is 2.88. The maximum Gasteiger partial charge on any atom is 0.0969 e. The Labute approximate surface area is 123 Å². The van der Waals surface area contributed by atoms with Gasteiger partial charge in [0.2, 0.25) is 0 Å². The number of hydrogen-bond acceptors (Lipinski definition) is 4. The molecular weight excluding hydrogens is 310 g/mol. The average Bonchev–Trinajstić information content (AvgIpc) is 2.74. The Morgan fingerprint density at radius 2 is 2.16 bits per heavy atom. The molecule has 0 bridgehead atoms. The predicted octanol–water partition coefficient (Wildman–Crippen LogP) is 2.06. The number of likely N-dealkylation sites (N-methyl/N-ethyl adjacent to an activating group) is 1. The van der Waals surface area contributed by atoms with Gasteiger partial charge in [-0.2, -0.15) is 5.10 Å². The number of ether oxygens (including phenoxy) is 1. The van der Waals surface area contributed by atoms with E-state index in [9.17, 15) is 5.11 Å². The minimum atomic E-state index is -0.517. The van der Waals surface area contributed by atoms with E-state index in [4.69, 9.17) is 4.74 Å². The zero-order valence-electron chi connectivity index (χ0n) is 12.1. The minimum Gasteiger partial charge on any atom is -0.387 e. The van der Waals surface area contributed by atoms with Crippen molar-refractivity contribution in [3.05, 3.63) is 16.4 Å². The molecule has 1 heterocycles. The van der Waals surface area contributed by atoms with Crippen LogP contribution in [0.25, 0.3) is 0 Å². The Balaban J connectivity index is 2.66. The molecule has 0 amide bonds. The first-order chi connectivity index (χ1) is 8.95. The van der Waals surface area contributed by atoms with Crippen molar-refractivity contribution in [2.45, 2.75) is 38.5 Å². The number of rotatable bonds is 8. The third-order valence-corrected chi connectivity index (χ3v) is 3.77. The van der Waals surface area contributed by atoms with E-state index < -0.39 is 6.10 Å². The van der Waals surface area contributed by atoms with Crippen molar-refractivity contribution in [2.75, 3.05) is 27.7 Å². The summed E-state index contributed by atoms with van der Waals surface area (Å²) >= 11 is 3.46. The molecule has 1 aromatic heterocycles. The summed E-state index contributed by atoms with van der Waals surface area (Å²) in [6.45, 7) is 3.66. The monoisotopic (exact) mass is 333 g/mol. The highest BCUT2D eigenvalue weighted by Gasteiger charge is 2.18. The maximum absolute atomic E-state index is 10.3. The van der Waals surface area contributed by atoms with Gasteiger partial charge in [-0.15, -0.1) is 0 Å². The van der Waals surface area contributed by atoms with Crippen LogP contribution in [-0.2, 0) is 11.3 Å². The van der Waals surface area contributed by atoms with Crippen molar-refractivity contribution < 1.29 is 9.84 Å². The molecule has 110 valence electrons. The molecule has 1 aromatic rings. The molecule has 0 aromatic carbocycles. The number of halogens is 1. The van der Waals surface area contributed by atoms with Gasteiger partial charge in [0.15, 0.2) is 0 Å². The van der Waals surface area contributed by atoms with E-state index >= 15 is 0 Å². The molecule has 6 heteroatoms. The molecule has 0 radical (unpaired) electrons. The Bertz CT molecular complexity index is 382. The van der Waals surface area contributed by atoms with Crippen LogP contribution >= 0.6 is 15.9 Å². The fourth-order valence-corrected chi connectivity index (χ4v) is 2.38. The van der Waals surface area contributed by atoms with Crippen molar-refractivity contribution in [3.8, 4) is 0 Å². The molecular formula is C13H24BrN3O2. The van der Waals surface area contributed by atoms with Gasteiger partial charge in [-0.1, -0.05) is 0 Å². The molecule has 0 saturated heterocycles. The smallest absolute Gasteiger partial charge is 0.0969 e. The lowest BCUT2D eigenvalue weighted by Gasteiger charge is -2.17. The van der Waals surface area contributed by atoms with Crippen LogP contribution in [0.3, 0.4) is 0 Å². The summed E-state index contributed by atoms with van der Waals surface area (Å²) in [5, 5.41) is 14.6. The first-order valence-electron chi connectivity index (χ1n) is 6.52. The summed E-state index contributed by atoms with van der Waals surface area (Å²) in [5.41, 5.74) is 0.852. The van der Waals surface area contributed by atoms with Crippen LogP contribution in [0, 0.1) is 0 Å². The number of aliphatic hydroxyl groups excluding tert-OH is 1. The van der Waals surface area contributed by atoms with E-state index in [1.165, 1.54) is 0 Å². The van der Waals surface area contributed by atoms with Crippen LogP contribution in [0.4, 0.5) is 0 Å². The highest BCUT2D eigenvalue weighted by atomic mass is 79.9. The standard InChI is InChI=1S/C13H24BrN3O2/c1-10(19-4)5-6-12(18)13-11(14)9-15-17(13)8-7-16(2)3/h9-10,12,18H,5-8H2,1-4H3. The highest BCUT2D eigenvalue weighted by molar-refractivity contribution is 9.10. The maximum atomic E-state index is 10.3. The quantitative estimate of drug-likeness (QED) is 0.791. The molecule has 0 spiro atoms. The van der Waals surface area contributed by atoms with Crippen LogP contribution in [0.2, 0.25) is 0 Å². The second-order valence-electron chi connectivity index (χ2n) is 5.04. The summed E-state index contributed by atoms with van der Waals surface area (Å²) in [4.78, 5) is 2.10. The lowest BCUT2D eigenvalue weighted by Crippen LogP contribution is -2.21. The molecule has 0 aliphatic carbocycles. The van der Waals surface area contributed by atoms with Gasteiger partial charge in [0.05, 0.1) is 35.1 Å². The largest absolute Gasteiger partial charge is 0.387 e. The molecule has 2 atom stereocenters. The number of aromatic nitrogens is 2. The summed E-state index contributed by atoms with van der Waals surface area (Å²) in [6, 6.07) is 0. The third-order valence-electron chi connectivity index (χ3n) is 3.16. The van der Waals surface area contributed by atoms with Gasteiger partial charge in [-0.25, -0.2) is 0 Å². The van der Waals surface area contributed by atoms with Gasteiger partial charge < -0.3 is 14.7 Å². The fraction of sp³-hybridized carbons (Fsp3) is 0.769. The normalized spacial score (nSPS) is 14.9. The molecule has 0 aliphatic rings. The Hall–Kier alpha value is -0.430. The van der Waals surface area contributed by atoms with E-state index in [-0.39, 0.29) is 6.10 Å². The summed E-state index contributed by atoms with van der Waals surface area (Å²) in [7, 11) is 5.73. The van der Waals surface area contributed by atoms with Crippen LogP contribution in [0.5, 0.6) is 0 Å². The van der Waals surface area contributed by atoms with Crippen molar-refractivity contribution in [1.82, 2.24) is 14.7 Å². The second kappa shape index (κ2) is 7.99. The van der Waals surface area contributed by atoms with E-state index in [1.54, 1.807) is 13.3 Å². The third kappa shape index (κ3) is 5.22. The fourth-order valence-electron chi connectivity index (χ4n) is 1.82. The number of aliphatic hydroxyl groups is 1. The molecule has 2 unspecified atom stereocenters. The Kier molecular flexibility index (Phi) is 6.99. The number of hydrogen-bond donors (Lipinski definition) is 1. The molecule has 0 saturated carbocycles. The van der Waals surface area contributed by atoms with E-state index in [2.05, 4.69) is 25.9 Å². The van der Waals surface area contributed by atoms with Crippen LogP contribution in [-0.4, -0.2) is 53.6 Å². The zero-order valence-corrected chi connectivity index (χ0v) is 13.7. The van der Waals surface area contributed by atoms with Gasteiger partial charge >= 0.3 is 0 Å². The lowest BCUT2D eigenvalue weighted by atomic mass is 10.1. The van der Waals surface area contributed by atoms with Gasteiger partial charge in [-0.05, 0) is 49.8 Å². The zero-order chi connectivity index (χ0) is 14.4. The summed E-state index contributed by atoms with van der Waals surface area (Å²) < 4.78 is 7.94. The van der Waals surface area contributed by atoms with Crippen molar-refractivity contribution >= 4 is 15.9 Å². The minimum absolute atomic E-state index is 0.159. The SMILES string of the molecule is COC(C)CCC(O)c1c(Br)cnn1CCN(C)C. The van der Waals surface area contributed by atoms with E-state index in [0.717, 1.165) is 29.7 Å². The van der Waals surface area contributed by atoms with Crippen LogP contribution in [0.1, 0.15) is 31.6 Å². The topological polar surface area (TPSA) is 50.5 Å². The molecule has 19 heavy (non-hydrogen) atoms. The molecule has 1 N–H and O–H groups in total. The lowest BCUT2D eigenvalue weighted by molar-refractivity contribution is 0.0820. The predicted molar refractivity (Wildman–Crippen MR) is 79.1 cm³/mol. The van der Waals surface area contributed by atoms with Crippen molar-refractivity contribution in [1.29, 1.82) is 0 Å². The molecule has 1 rings (SSSR count). The van der Waals surface area contributed by atoms with Crippen molar-refractivity contribution in [2.24, 2.45) is 0 Å². The van der Waals surface area contributed by atoms with Crippen LogP contribution < -0.4 is 0 Å². The van der Waals surface area contributed by atoms with Gasteiger partial charge in [0.25, 0.3) is 0 Å². The molecule has 5 nitrogen and oxygen atoms in total. The first-order valence-corrected chi connectivity index (χ1v) is 7.31. The van der Waals surface area contributed by atoms with Gasteiger partial charge in [0, 0.05) is 13.7 Å². The summed E-state index contributed by atoms with van der Waals surface area (Å²) in [5.74, 6) is 0. The first kappa shape index (κ1) is 16.6. The van der Waals surface area contributed by atoms with E-state index in [1.807, 2.05) is 25.7 Å².